The molecule has 184 valence electrons. The first kappa shape index (κ1) is 28.8. The molecule has 0 saturated carbocycles. The van der Waals surface area contributed by atoms with Crippen molar-refractivity contribution in [2.24, 2.45) is 0 Å². The minimum atomic E-state index is -4.61. The molecule has 14 heteroatoms. The third kappa shape index (κ3) is 10.5. The molecule has 1 aliphatic rings. The highest BCUT2D eigenvalue weighted by Gasteiger charge is 2.53. The van der Waals surface area contributed by atoms with Crippen molar-refractivity contribution in [3.05, 3.63) is 0 Å². The Kier molecular flexibility index (Phi) is 13.1. The Morgan fingerprint density at radius 1 is 1.19 bits per heavy atom. The van der Waals surface area contributed by atoms with Crippen LogP contribution in [0.15, 0.2) is 0 Å². The Bertz CT molecular complexity index is 565. The van der Waals surface area contributed by atoms with Gasteiger partial charge in [-0.1, -0.05) is 0 Å². The van der Waals surface area contributed by atoms with Gasteiger partial charge >= 0.3 is 0 Å². The average molecular weight is 489 g/mol. The van der Waals surface area contributed by atoms with E-state index in [1.807, 2.05) is 0 Å². The number of ether oxygens (including phenoxy) is 1. The first-order chi connectivity index (χ1) is 14.5. The molecule has 31 heavy (non-hydrogen) atoms. The lowest BCUT2D eigenvalue weighted by atomic mass is 10.2. The third-order valence-electron chi connectivity index (χ3n) is 5.07. The summed E-state index contributed by atoms with van der Waals surface area (Å²) in [6, 6.07) is 0. The first-order valence-electron chi connectivity index (χ1n) is 10.1. The van der Waals surface area contributed by atoms with Gasteiger partial charge in [0.25, 0.3) is 7.82 Å². The van der Waals surface area contributed by atoms with Gasteiger partial charge in [0.15, 0.2) is 6.29 Å². The summed E-state index contributed by atoms with van der Waals surface area (Å²) in [5.74, 6) is -1.26. The molecule has 0 aromatic rings. The van der Waals surface area contributed by atoms with Crippen LogP contribution in [0.2, 0.25) is 0 Å². The standard InChI is InChI=1S/C17H34O12P2/c1-13(2)29-31(23,24)27-12-14-15(11-17(20)28-14)30(8-3-6-25-21,9-4-7-26-22)10-5-16(18)19/h13-15,17,20H,3-12H2,1-2H3,(H3-,18,19,21,22,23,24)/p-3. The van der Waals surface area contributed by atoms with E-state index in [9.17, 15) is 35.0 Å². The van der Waals surface area contributed by atoms with Crippen molar-refractivity contribution in [2.75, 3.05) is 38.3 Å². The van der Waals surface area contributed by atoms with Gasteiger partial charge in [-0.05, 0) is 13.8 Å². The van der Waals surface area contributed by atoms with Gasteiger partial charge in [0.2, 0.25) is 0 Å². The molecule has 0 bridgehead atoms. The monoisotopic (exact) mass is 489 g/mol. The number of hydrogen-bond acceptors (Lipinski definition) is 12. The molecule has 1 aliphatic heterocycles. The molecule has 0 radical (unpaired) electrons. The summed E-state index contributed by atoms with van der Waals surface area (Å²) < 4.78 is 27.2. The van der Waals surface area contributed by atoms with Crippen molar-refractivity contribution >= 4 is 21.1 Å². The van der Waals surface area contributed by atoms with E-state index in [1.54, 1.807) is 0 Å². The Balaban J connectivity index is 3.09. The normalized spacial score (nSPS) is 23.9. The van der Waals surface area contributed by atoms with Crippen LogP contribution in [0.4, 0.5) is 0 Å². The predicted molar refractivity (Wildman–Crippen MR) is 101 cm³/mol. The van der Waals surface area contributed by atoms with E-state index in [2.05, 4.69) is 9.78 Å². The van der Waals surface area contributed by atoms with Gasteiger partial charge in [-0.25, -0.2) is 0 Å². The van der Waals surface area contributed by atoms with Crippen LogP contribution in [0.3, 0.4) is 0 Å². The smallest absolute Gasteiger partial charge is 0.268 e. The fourth-order valence-electron chi connectivity index (χ4n) is 3.91. The van der Waals surface area contributed by atoms with Gasteiger partial charge in [0.1, 0.15) is 11.8 Å². The van der Waals surface area contributed by atoms with Gasteiger partial charge in [0.05, 0.1) is 31.2 Å². The SMILES string of the molecule is CC(C)OP(=O)([O-])OCC1OC(O)CC1[P+](CCCO[O-])(CCCO[O-])CCC(=O)[O-]. The summed E-state index contributed by atoms with van der Waals surface area (Å²) in [5.41, 5.74) is -0.417. The molecule has 0 amide bonds. The molecule has 12 nitrogen and oxygen atoms in total. The second kappa shape index (κ2) is 14.1. The van der Waals surface area contributed by atoms with Gasteiger partial charge < -0.3 is 54.0 Å². The molecule has 4 atom stereocenters. The fourth-order valence-corrected chi connectivity index (χ4v) is 10.1. The van der Waals surface area contributed by atoms with Gasteiger partial charge in [-0.2, -0.15) is 0 Å². The number of hydrogen-bond donors (Lipinski definition) is 1. The number of carbonyl (C=O) groups is 1. The number of rotatable bonds is 17. The number of aliphatic carboxylic acids is 1. The molecule has 1 heterocycles. The van der Waals surface area contributed by atoms with Gasteiger partial charge in [-0.15, -0.1) is 0 Å². The lowest BCUT2D eigenvalue weighted by Crippen LogP contribution is -2.35. The maximum Gasteiger partial charge on any atom is 0.268 e. The molecule has 1 fully saturated rings. The van der Waals surface area contributed by atoms with E-state index < -0.39 is 51.8 Å². The summed E-state index contributed by atoms with van der Waals surface area (Å²) in [4.78, 5) is 30.9. The van der Waals surface area contributed by atoms with Crippen LogP contribution in [0.5, 0.6) is 0 Å². The van der Waals surface area contributed by atoms with Crippen LogP contribution in [0.25, 0.3) is 0 Å². The maximum absolute atomic E-state index is 12.0. The van der Waals surface area contributed by atoms with E-state index in [0.717, 1.165) is 0 Å². The number of carboxylic acid groups (broad SMARTS) is 1. The summed E-state index contributed by atoms with van der Waals surface area (Å²) in [6.07, 6.45) is -1.05. The zero-order valence-electron chi connectivity index (χ0n) is 17.7. The molecule has 4 unspecified atom stereocenters. The summed E-state index contributed by atoms with van der Waals surface area (Å²) in [5, 5.41) is 42.2. The lowest BCUT2D eigenvalue weighted by molar-refractivity contribution is -0.689. The number of aliphatic hydroxyl groups is 1. The minimum absolute atomic E-state index is 0.0968. The second-order valence-electron chi connectivity index (χ2n) is 7.69. The molecule has 1 rings (SSSR count). The van der Waals surface area contributed by atoms with Crippen LogP contribution in [-0.2, 0) is 32.9 Å². The Hall–Kier alpha value is -0.230. The molecule has 1 saturated heterocycles. The predicted octanol–water partition coefficient (Wildman–Crippen LogP) is -2.11. The number of phosphoric ester groups is 1. The van der Waals surface area contributed by atoms with E-state index in [1.165, 1.54) is 13.8 Å². The van der Waals surface area contributed by atoms with E-state index in [0.29, 0.717) is 25.2 Å². The van der Waals surface area contributed by atoms with E-state index in [-0.39, 0.29) is 32.2 Å². The Morgan fingerprint density at radius 2 is 1.77 bits per heavy atom. The van der Waals surface area contributed by atoms with Crippen molar-refractivity contribution in [3.63, 3.8) is 0 Å². The van der Waals surface area contributed by atoms with Crippen LogP contribution in [-0.4, -0.2) is 73.5 Å². The highest BCUT2D eigenvalue weighted by atomic mass is 31.2. The van der Waals surface area contributed by atoms with Crippen LogP contribution in [0.1, 0.15) is 39.5 Å². The van der Waals surface area contributed by atoms with Gasteiger partial charge in [-0.3, -0.25) is 4.57 Å². The zero-order chi connectivity index (χ0) is 23.5. The largest absolute Gasteiger partial charge is 0.756 e. The summed E-state index contributed by atoms with van der Waals surface area (Å²) >= 11 is 0. The Labute approximate surface area is 182 Å². The van der Waals surface area contributed by atoms with Crippen molar-refractivity contribution in [3.8, 4) is 0 Å². The van der Waals surface area contributed by atoms with Gasteiger partial charge in [0, 0.05) is 52.1 Å². The highest BCUT2D eigenvalue weighted by Crippen LogP contribution is 2.68. The zero-order valence-corrected chi connectivity index (χ0v) is 19.5. The molecule has 0 aromatic heterocycles. The quantitative estimate of drug-likeness (QED) is 0.101. The molecule has 0 aliphatic carbocycles. The Morgan fingerprint density at radius 3 is 2.26 bits per heavy atom. The lowest BCUT2D eigenvalue weighted by Gasteiger charge is -2.36. The van der Waals surface area contributed by atoms with Crippen LogP contribution < -0.4 is 20.5 Å². The van der Waals surface area contributed by atoms with Crippen LogP contribution in [0, 0.1) is 0 Å². The molecular weight excluding hydrogens is 458 g/mol. The van der Waals surface area contributed by atoms with Crippen molar-refractivity contribution in [1.29, 1.82) is 0 Å². The van der Waals surface area contributed by atoms with E-state index in [4.69, 9.17) is 13.8 Å². The topological polar surface area (TPSA) is 193 Å². The molecule has 0 aromatic carbocycles. The molecular formula is C17H31O12P2-3. The number of carbonyl (C=O) groups excluding carboxylic acids is 1. The van der Waals surface area contributed by atoms with Crippen molar-refractivity contribution in [1.82, 2.24) is 0 Å². The maximum atomic E-state index is 12.0. The number of aliphatic hydroxyl groups excluding tert-OH is 1. The fraction of sp³-hybridized carbons (Fsp3) is 0.941. The third-order valence-corrected chi connectivity index (χ3v) is 11.7. The number of carboxylic acids is 1. The summed E-state index contributed by atoms with van der Waals surface area (Å²) in [7, 11) is -6.93. The van der Waals surface area contributed by atoms with Crippen molar-refractivity contribution < 1.29 is 58.5 Å². The molecule has 1 N–H and O–H groups in total. The first-order valence-corrected chi connectivity index (χ1v) is 14.0. The van der Waals surface area contributed by atoms with Crippen molar-refractivity contribution in [2.45, 2.75) is 63.7 Å². The highest BCUT2D eigenvalue weighted by molar-refractivity contribution is 7.76. The minimum Gasteiger partial charge on any atom is -0.756 e. The summed E-state index contributed by atoms with van der Waals surface area (Å²) in [6.45, 7) is 2.44. The average Bonchev–Trinajstić information content (AvgIpc) is 3.05. The second-order valence-corrected chi connectivity index (χ2v) is 13.5. The molecule has 0 spiro atoms. The van der Waals surface area contributed by atoms with E-state index >= 15 is 0 Å². The van der Waals surface area contributed by atoms with Crippen LogP contribution >= 0.6 is 15.1 Å². The number of phosphoric acid groups is 1.